The molecule has 0 N–H and O–H groups in total. The van der Waals surface area contributed by atoms with Gasteiger partial charge in [-0.25, -0.2) is 0 Å². The van der Waals surface area contributed by atoms with E-state index in [0.29, 0.717) is 0 Å². The van der Waals surface area contributed by atoms with Crippen molar-refractivity contribution in [2.75, 3.05) is 0 Å². The van der Waals surface area contributed by atoms with Crippen LogP contribution in [-0.4, -0.2) is 14.1 Å². The van der Waals surface area contributed by atoms with Crippen LogP contribution in [0.25, 0.3) is 88.4 Å². The minimum absolute atomic E-state index is 1.12. The smallest absolute Gasteiger partial charge is 0.0619 e. The number of hydrogen-bond donors (Lipinski definition) is 0. The summed E-state index contributed by atoms with van der Waals surface area (Å²) in [4.78, 5) is 4.54. The van der Waals surface area contributed by atoms with Crippen LogP contribution >= 0.6 is 0 Å². The third kappa shape index (κ3) is 4.34. The van der Waals surface area contributed by atoms with Gasteiger partial charge in [0.15, 0.2) is 0 Å². The predicted molar refractivity (Wildman–Crippen MR) is 209 cm³/mol. The Bertz CT molecular complexity index is 2750. The highest BCUT2D eigenvalue weighted by Crippen LogP contribution is 2.45. The molecule has 3 nitrogen and oxygen atoms in total. The van der Waals surface area contributed by atoms with Crippen molar-refractivity contribution < 1.29 is 0 Å². The van der Waals surface area contributed by atoms with Gasteiger partial charge in [-0.15, -0.1) is 0 Å². The Hall–Kier alpha value is -6.71. The average Bonchev–Trinajstić information content (AvgIpc) is 3.71. The molecule has 0 radical (unpaired) electrons. The molecule has 10 rings (SSSR count). The van der Waals surface area contributed by atoms with Crippen LogP contribution in [0.3, 0.4) is 0 Å². The fraction of sp³-hybridized carbons (Fsp3) is 0. The lowest BCUT2D eigenvalue weighted by Crippen LogP contribution is -2.03. The molecule has 0 atom stereocenters. The van der Waals surface area contributed by atoms with Crippen LogP contribution in [0.15, 0.2) is 188 Å². The van der Waals surface area contributed by atoms with Gasteiger partial charge in [0.05, 0.1) is 33.4 Å². The van der Waals surface area contributed by atoms with E-state index in [0.717, 1.165) is 38.9 Å². The lowest BCUT2D eigenvalue weighted by molar-refractivity contribution is 1.16. The summed E-state index contributed by atoms with van der Waals surface area (Å²) in [6.07, 6.45) is 3.89. The second kappa shape index (κ2) is 11.5. The summed E-state index contributed by atoms with van der Waals surface area (Å²) < 4.78 is 4.90. The summed E-state index contributed by atoms with van der Waals surface area (Å²) in [5.74, 6) is 0. The first-order valence-electron chi connectivity index (χ1n) is 17.1. The molecule has 0 aliphatic carbocycles. The molecule has 0 aliphatic heterocycles. The first-order chi connectivity index (χ1) is 24.8. The Labute approximate surface area is 290 Å². The van der Waals surface area contributed by atoms with Crippen LogP contribution in [0, 0.1) is 0 Å². The maximum Gasteiger partial charge on any atom is 0.0619 e. The molecule has 0 saturated carbocycles. The number of para-hydroxylation sites is 4. The average molecular weight is 638 g/mol. The highest BCUT2D eigenvalue weighted by atomic mass is 15.0. The van der Waals surface area contributed by atoms with Crippen LogP contribution in [0.1, 0.15) is 0 Å². The van der Waals surface area contributed by atoms with Gasteiger partial charge in [-0.1, -0.05) is 140 Å². The standard InChI is InChI=1S/C47H31N3/c1-3-14-32(15-4-1)34-26-27-45(49-42-23-10-9-20-38(42)41-31-48-29-28-46(41)49)40(30-34)39-22-13-21-35(33-16-5-2-6-17-33)47(39)50-43-24-11-7-18-36(43)37-19-8-12-25-44(37)50/h1-31H. The minimum atomic E-state index is 1.12. The summed E-state index contributed by atoms with van der Waals surface area (Å²) in [5.41, 5.74) is 13.9. The van der Waals surface area contributed by atoms with Crippen molar-refractivity contribution in [3.63, 3.8) is 0 Å². The van der Waals surface area contributed by atoms with Gasteiger partial charge >= 0.3 is 0 Å². The quantitative estimate of drug-likeness (QED) is 0.184. The molecule has 3 aromatic heterocycles. The number of fused-ring (bicyclic) bond motifs is 6. The van der Waals surface area contributed by atoms with Crippen LogP contribution in [0.5, 0.6) is 0 Å². The lowest BCUT2D eigenvalue weighted by atomic mass is 9.92. The molecule has 3 heterocycles. The van der Waals surface area contributed by atoms with Gasteiger partial charge in [0.25, 0.3) is 0 Å². The maximum atomic E-state index is 4.54. The molecule has 3 heteroatoms. The SMILES string of the molecule is c1ccc(-c2ccc(-n3c4ccccc4c4cnccc43)c(-c3cccc(-c4ccccc4)c3-n3c4ccccc4c4ccccc43)c2)cc1. The van der Waals surface area contributed by atoms with Crippen LogP contribution in [-0.2, 0) is 0 Å². The molecule has 0 fully saturated rings. The fourth-order valence-electron chi connectivity index (χ4n) is 7.85. The van der Waals surface area contributed by atoms with E-state index < -0.39 is 0 Å². The van der Waals surface area contributed by atoms with Gasteiger partial charge in [0.1, 0.15) is 0 Å². The lowest BCUT2D eigenvalue weighted by Gasteiger charge is -2.22. The number of nitrogens with zero attached hydrogens (tertiary/aromatic N) is 3. The van der Waals surface area contributed by atoms with Crippen molar-refractivity contribution in [3.05, 3.63) is 188 Å². The zero-order valence-electron chi connectivity index (χ0n) is 27.2. The van der Waals surface area contributed by atoms with Crippen molar-refractivity contribution >= 4 is 43.6 Å². The van der Waals surface area contributed by atoms with Crippen molar-refractivity contribution in [1.82, 2.24) is 14.1 Å². The Kier molecular flexibility index (Phi) is 6.49. The third-order valence-corrected chi connectivity index (χ3v) is 10.0. The molecular formula is C47H31N3. The summed E-state index contributed by atoms with van der Waals surface area (Å²) in [6, 6.07) is 63.6. The summed E-state index contributed by atoms with van der Waals surface area (Å²) in [7, 11) is 0. The van der Waals surface area contributed by atoms with Gasteiger partial charge in [0.2, 0.25) is 0 Å². The zero-order valence-corrected chi connectivity index (χ0v) is 27.2. The molecule has 7 aromatic carbocycles. The summed E-state index contributed by atoms with van der Waals surface area (Å²) in [6.45, 7) is 0. The summed E-state index contributed by atoms with van der Waals surface area (Å²) >= 11 is 0. The third-order valence-electron chi connectivity index (χ3n) is 10.0. The Morgan fingerprint density at radius 3 is 1.56 bits per heavy atom. The number of hydrogen-bond acceptors (Lipinski definition) is 1. The normalized spacial score (nSPS) is 11.6. The molecule has 0 aliphatic rings. The van der Waals surface area contributed by atoms with Crippen LogP contribution < -0.4 is 0 Å². The van der Waals surface area contributed by atoms with Gasteiger partial charge in [-0.3, -0.25) is 4.98 Å². The number of rotatable bonds is 5. The molecule has 0 bridgehead atoms. The van der Waals surface area contributed by atoms with Gasteiger partial charge < -0.3 is 9.13 Å². The Balaban J connectivity index is 1.38. The first kappa shape index (κ1) is 28.3. The first-order valence-corrected chi connectivity index (χ1v) is 17.1. The second-order valence-corrected chi connectivity index (χ2v) is 12.8. The molecule has 234 valence electrons. The van der Waals surface area contributed by atoms with Crippen molar-refractivity contribution in [2.45, 2.75) is 0 Å². The van der Waals surface area contributed by atoms with E-state index in [4.69, 9.17) is 0 Å². The number of pyridine rings is 1. The Morgan fingerprint density at radius 1 is 0.340 bits per heavy atom. The van der Waals surface area contributed by atoms with Crippen molar-refractivity contribution in [3.8, 4) is 44.8 Å². The van der Waals surface area contributed by atoms with Gasteiger partial charge in [0, 0.05) is 50.6 Å². The van der Waals surface area contributed by atoms with E-state index in [1.54, 1.807) is 0 Å². The maximum absolute atomic E-state index is 4.54. The molecule has 0 saturated heterocycles. The highest BCUT2D eigenvalue weighted by molar-refractivity contribution is 6.12. The van der Waals surface area contributed by atoms with E-state index in [1.165, 1.54) is 49.4 Å². The van der Waals surface area contributed by atoms with E-state index >= 15 is 0 Å². The molecule has 10 aromatic rings. The van der Waals surface area contributed by atoms with Crippen molar-refractivity contribution in [2.24, 2.45) is 0 Å². The number of aromatic nitrogens is 3. The topological polar surface area (TPSA) is 22.8 Å². The number of benzene rings is 7. The minimum Gasteiger partial charge on any atom is -0.309 e. The predicted octanol–water partition coefficient (Wildman–Crippen LogP) is 12.3. The largest absolute Gasteiger partial charge is 0.309 e. The highest BCUT2D eigenvalue weighted by Gasteiger charge is 2.23. The van der Waals surface area contributed by atoms with E-state index in [9.17, 15) is 0 Å². The van der Waals surface area contributed by atoms with Crippen LogP contribution in [0.2, 0.25) is 0 Å². The van der Waals surface area contributed by atoms with E-state index in [2.05, 4.69) is 190 Å². The monoisotopic (exact) mass is 637 g/mol. The molecular weight excluding hydrogens is 607 g/mol. The summed E-state index contributed by atoms with van der Waals surface area (Å²) in [5, 5.41) is 4.81. The van der Waals surface area contributed by atoms with Crippen molar-refractivity contribution in [1.29, 1.82) is 0 Å². The molecule has 0 spiro atoms. The second-order valence-electron chi connectivity index (χ2n) is 12.8. The molecule has 0 unspecified atom stereocenters. The van der Waals surface area contributed by atoms with E-state index in [1.807, 2.05) is 12.4 Å². The van der Waals surface area contributed by atoms with Crippen LogP contribution in [0.4, 0.5) is 0 Å². The van der Waals surface area contributed by atoms with Gasteiger partial charge in [-0.05, 0) is 53.1 Å². The van der Waals surface area contributed by atoms with Gasteiger partial charge in [-0.2, -0.15) is 0 Å². The van der Waals surface area contributed by atoms with E-state index in [-0.39, 0.29) is 0 Å². The molecule has 50 heavy (non-hydrogen) atoms. The molecule has 0 amide bonds. The fourth-order valence-corrected chi connectivity index (χ4v) is 7.85. The Morgan fingerprint density at radius 2 is 0.880 bits per heavy atom. The zero-order chi connectivity index (χ0) is 33.0.